The van der Waals surface area contributed by atoms with Crippen molar-refractivity contribution >= 4 is 40.1 Å². The van der Waals surface area contributed by atoms with Crippen LogP contribution < -0.4 is 5.32 Å². The van der Waals surface area contributed by atoms with E-state index < -0.39 is 0 Å². The van der Waals surface area contributed by atoms with Gasteiger partial charge in [-0.2, -0.15) is 0 Å². The van der Waals surface area contributed by atoms with Gasteiger partial charge in [0.1, 0.15) is 12.4 Å². The van der Waals surface area contributed by atoms with Crippen LogP contribution in [0.5, 0.6) is 0 Å². The zero-order valence-electron chi connectivity index (χ0n) is 11.0. The molecule has 0 radical (unpaired) electrons. The highest BCUT2D eigenvalue weighted by Crippen LogP contribution is 2.21. The zero-order chi connectivity index (χ0) is 14.5. The molecule has 0 bridgehead atoms. The maximum Gasteiger partial charge on any atom is 0.240 e. The maximum absolute atomic E-state index is 11.9. The van der Waals surface area contributed by atoms with Crippen LogP contribution in [-0.4, -0.2) is 35.7 Å². The predicted octanol–water partition coefficient (Wildman–Crippen LogP) is 2.19. The van der Waals surface area contributed by atoms with Gasteiger partial charge in [0.25, 0.3) is 0 Å². The fourth-order valence-corrected chi connectivity index (χ4v) is 2.29. The molecule has 0 fully saturated rings. The first-order valence-corrected chi connectivity index (χ1v) is 7.03. The van der Waals surface area contributed by atoms with Crippen LogP contribution in [0.2, 0.25) is 5.02 Å². The molecule has 0 saturated heterocycles. The molecule has 2 aromatic rings. The summed E-state index contributed by atoms with van der Waals surface area (Å²) in [4.78, 5) is 16.3. The second-order valence-corrected chi connectivity index (χ2v) is 4.93. The van der Waals surface area contributed by atoms with Gasteiger partial charge < -0.3 is 14.6 Å². The number of benzene rings is 1. The van der Waals surface area contributed by atoms with Crippen LogP contribution in [0.25, 0.3) is 11.0 Å². The molecule has 2 rings (SSSR count). The third-order valence-electron chi connectivity index (χ3n) is 2.84. The number of methoxy groups -OCH3 is 1. The predicted molar refractivity (Wildman–Crippen MR) is 79.2 cm³/mol. The quantitative estimate of drug-likeness (QED) is 0.656. The Morgan fingerprint density at radius 1 is 1.50 bits per heavy atom. The minimum Gasteiger partial charge on any atom is -0.383 e. The number of carbonyl (C=O) groups is 1. The number of amides is 1. The smallest absolute Gasteiger partial charge is 0.240 e. The van der Waals surface area contributed by atoms with Gasteiger partial charge in [-0.05, 0) is 18.2 Å². The van der Waals surface area contributed by atoms with E-state index >= 15 is 0 Å². The molecule has 1 aromatic heterocycles. The topological polar surface area (TPSA) is 56.1 Å². The van der Waals surface area contributed by atoms with E-state index in [0.717, 1.165) is 11.0 Å². The third-order valence-corrected chi connectivity index (χ3v) is 3.31. The number of hydrogen-bond acceptors (Lipinski definition) is 3. The summed E-state index contributed by atoms with van der Waals surface area (Å²) in [7, 11) is 1.59. The van der Waals surface area contributed by atoms with Crippen molar-refractivity contribution in [3.05, 3.63) is 29.0 Å². The van der Waals surface area contributed by atoms with E-state index in [4.69, 9.17) is 27.9 Å². The number of imidazole rings is 1. The van der Waals surface area contributed by atoms with Crippen LogP contribution in [0, 0.1) is 0 Å². The van der Waals surface area contributed by atoms with Crippen molar-refractivity contribution in [1.82, 2.24) is 14.9 Å². The number of ether oxygens (including phenoxy) is 1. The van der Waals surface area contributed by atoms with Crippen molar-refractivity contribution in [2.45, 2.75) is 12.4 Å². The van der Waals surface area contributed by atoms with Crippen molar-refractivity contribution in [2.24, 2.45) is 0 Å². The lowest BCUT2D eigenvalue weighted by Gasteiger charge is -2.08. The van der Waals surface area contributed by atoms with Crippen LogP contribution in [0.15, 0.2) is 18.2 Å². The first-order valence-electron chi connectivity index (χ1n) is 6.12. The Bertz CT molecular complexity index is 613. The summed E-state index contributed by atoms with van der Waals surface area (Å²) in [6, 6.07) is 5.36. The summed E-state index contributed by atoms with van der Waals surface area (Å²) in [6.07, 6.45) is 0. The highest BCUT2D eigenvalue weighted by atomic mass is 35.5. The van der Waals surface area contributed by atoms with E-state index in [0.29, 0.717) is 24.0 Å². The van der Waals surface area contributed by atoms with Gasteiger partial charge in [0.2, 0.25) is 5.91 Å². The van der Waals surface area contributed by atoms with Gasteiger partial charge >= 0.3 is 0 Å². The van der Waals surface area contributed by atoms with Crippen molar-refractivity contribution in [3.8, 4) is 0 Å². The number of halogens is 2. The molecule has 20 heavy (non-hydrogen) atoms. The molecule has 0 unspecified atom stereocenters. The van der Waals surface area contributed by atoms with Crippen molar-refractivity contribution in [1.29, 1.82) is 0 Å². The number of fused-ring (bicyclic) bond motifs is 1. The molecule has 1 heterocycles. The average molecular weight is 316 g/mol. The minimum absolute atomic E-state index is 0.109. The van der Waals surface area contributed by atoms with Gasteiger partial charge in [-0.3, -0.25) is 4.79 Å². The van der Waals surface area contributed by atoms with Crippen LogP contribution in [0.3, 0.4) is 0 Å². The van der Waals surface area contributed by atoms with Gasteiger partial charge in [-0.25, -0.2) is 4.98 Å². The summed E-state index contributed by atoms with van der Waals surface area (Å²) in [5, 5.41) is 3.37. The minimum atomic E-state index is -0.109. The number of carbonyl (C=O) groups excluding carboxylic acids is 1. The largest absolute Gasteiger partial charge is 0.383 e. The summed E-state index contributed by atoms with van der Waals surface area (Å²) in [6.45, 7) is 1.13. The number of aromatic nitrogens is 2. The molecule has 5 nitrogen and oxygen atoms in total. The second kappa shape index (κ2) is 6.92. The fraction of sp³-hybridized carbons (Fsp3) is 0.385. The van der Waals surface area contributed by atoms with Crippen LogP contribution in [-0.2, 0) is 22.0 Å². The number of hydrogen-bond donors (Lipinski definition) is 1. The van der Waals surface area contributed by atoms with Gasteiger partial charge in [0, 0.05) is 18.7 Å². The van der Waals surface area contributed by atoms with Crippen LogP contribution in [0.4, 0.5) is 0 Å². The van der Waals surface area contributed by atoms with E-state index in [1.807, 2.05) is 6.07 Å². The molecule has 108 valence electrons. The normalized spacial score (nSPS) is 10.9. The Balaban J connectivity index is 2.21. The number of alkyl halides is 1. The van der Waals surface area contributed by atoms with Gasteiger partial charge in [-0.1, -0.05) is 11.6 Å². The lowest BCUT2D eigenvalue weighted by Crippen LogP contribution is -2.30. The zero-order valence-corrected chi connectivity index (χ0v) is 12.5. The van der Waals surface area contributed by atoms with Gasteiger partial charge in [0.05, 0.1) is 23.5 Å². The standard InChI is InChI=1S/C13H15Cl2N3O2/c1-20-5-4-16-13(19)8-18-11-3-2-9(15)6-10(11)17-12(18)7-14/h2-3,6H,4-5,7-8H2,1H3,(H,16,19). The highest BCUT2D eigenvalue weighted by molar-refractivity contribution is 6.31. The van der Waals surface area contributed by atoms with Crippen molar-refractivity contribution < 1.29 is 9.53 Å². The fourth-order valence-electron chi connectivity index (χ4n) is 1.92. The van der Waals surface area contributed by atoms with E-state index in [1.165, 1.54) is 0 Å². The molecular weight excluding hydrogens is 301 g/mol. The van der Waals surface area contributed by atoms with Gasteiger partial charge in [-0.15, -0.1) is 11.6 Å². The summed E-state index contributed by atoms with van der Waals surface area (Å²) in [5.41, 5.74) is 1.57. The number of nitrogens with zero attached hydrogens (tertiary/aromatic N) is 2. The molecule has 0 atom stereocenters. The van der Waals surface area contributed by atoms with E-state index in [1.54, 1.807) is 23.8 Å². The Morgan fingerprint density at radius 3 is 3.00 bits per heavy atom. The van der Waals surface area contributed by atoms with Crippen molar-refractivity contribution in [3.63, 3.8) is 0 Å². The summed E-state index contributed by atoms with van der Waals surface area (Å²) >= 11 is 11.8. The van der Waals surface area contributed by atoms with Crippen LogP contribution >= 0.6 is 23.2 Å². The maximum atomic E-state index is 11.9. The van der Waals surface area contributed by atoms with E-state index in [2.05, 4.69) is 10.3 Å². The molecule has 7 heteroatoms. The average Bonchev–Trinajstić information content (AvgIpc) is 2.76. The lowest BCUT2D eigenvalue weighted by molar-refractivity contribution is -0.121. The molecule has 0 aliphatic carbocycles. The summed E-state index contributed by atoms with van der Waals surface area (Å²) < 4.78 is 6.68. The third kappa shape index (κ3) is 3.42. The second-order valence-electron chi connectivity index (χ2n) is 4.22. The Hall–Kier alpha value is -1.30. The molecule has 1 aromatic carbocycles. The Kier molecular flexibility index (Phi) is 5.23. The number of rotatable bonds is 6. The van der Waals surface area contributed by atoms with Gasteiger partial charge in [0.15, 0.2) is 0 Å². The molecule has 1 N–H and O–H groups in total. The van der Waals surface area contributed by atoms with E-state index in [9.17, 15) is 4.79 Å². The molecule has 0 saturated carbocycles. The van der Waals surface area contributed by atoms with Crippen molar-refractivity contribution in [2.75, 3.05) is 20.3 Å². The van der Waals surface area contributed by atoms with Crippen LogP contribution in [0.1, 0.15) is 5.82 Å². The molecule has 0 aliphatic heterocycles. The SMILES string of the molecule is COCCNC(=O)Cn1c(CCl)nc2cc(Cl)ccc21. The lowest BCUT2D eigenvalue weighted by atomic mass is 10.3. The molecule has 0 spiro atoms. The first-order chi connectivity index (χ1) is 9.65. The molecule has 0 aliphatic rings. The Morgan fingerprint density at radius 2 is 2.30 bits per heavy atom. The summed E-state index contributed by atoms with van der Waals surface area (Å²) in [5.74, 6) is 0.769. The first kappa shape index (κ1) is 15.1. The Labute approximate surface area is 126 Å². The molecular formula is C13H15Cl2N3O2. The van der Waals surface area contributed by atoms with E-state index in [-0.39, 0.29) is 18.3 Å². The molecule has 1 amide bonds. The number of nitrogens with one attached hydrogen (secondary N) is 1. The highest BCUT2D eigenvalue weighted by Gasteiger charge is 2.13. The monoisotopic (exact) mass is 315 g/mol.